The third kappa shape index (κ3) is 5.99. The van der Waals surface area contributed by atoms with Crippen LogP contribution in [0.3, 0.4) is 0 Å². The van der Waals surface area contributed by atoms with Gasteiger partial charge in [-0.3, -0.25) is 4.79 Å². The highest BCUT2D eigenvalue weighted by Gasteiger charge is 2.13. The molecule has 0 unspecified atom stereocenters. The summed E-state index contributed by atoms with van der Waals surface area (Å²) < 4.78 is 0. The number of carbonyl (C=O) groups is 1. The first kappa shape index (κ1) is 17.2. The monoisotopic (exact) mass is 286 g/mol. The highest BCUT2D eigenvalue weighted by atomic mass is 16.2. The van der Waals surface area contributed by atoms with Gasteiger partial charge in [-0.05, 0) is 18.6 Å². The van der Waals surface area contributed by atoms with Gasteiger partial charge in [-0.15, -0.1) is 0 Å². The predicted molar refractivity (Wildman–Crippen MR) is 87.2 cm³/mol. The Morgan fingerprint density at radius 2 is 1.71 bits per heavy atom. The SMILES string of the molecule is CCCCCCCCCC(=O)N(C)c1ccccc1C#N. The number of nitrogens with zero attached hydrogens (tertiary/aromatic N) is 2. The van der Waals surface area contributed by atoms with Crippen molar-refractivity contribution in [2.75, 3.05) is 11.9 Å². The van der Waals surface area contributed by atoms with Gasteiger partial charge in [0.1, 0.15) is 6.07 Å². The Morgan fingerprint density at radius 1 is 1.10 bits per heavy atom. The van der Waals surface area contributed by atoms with Gasteiger partial charge in [0.2, 0.25) is 5.91 Å². The number of hydrogen-bond donors (Lipinski definition) is 0. The lowest BCUT2D eigenvalue weighted by molar-refractivity contribution is -0.118. The minimum absolute atomic E-state index is 0.0891. The highest BCUT2D eigenvalue weighted by molar-refractivity contribution is 5.94. The lowest BCUT2D eigenvalue weighted by Gasteiger charge is -2.18. The summed E-state index contributed by atoms with van der Waals surface area (Å²) in [6.45, 7) is 2.22. The zero-order valence-electron chi connectivity index (χ0n) is 13.3. The molecule has 1 aromatic carbocycles. The van der Waals surface area contributed by atoms with Gasteiger partial charge in [-0.2, -0.15) is 5.26 Å². The van der Waals surface area contributed by atoms with Crippen LogP contribution in [-0.2, 0) is 4.79 Å². The van der Waals surface area contributed by atoms with Crippen LogP contribution in [0.4, 0.5) is 5.69 Å². The van der Waals surface area contributed by atoms with Crippen LogP contribution in [-0.4, -0.2) is 13.0 Å². The quantitative estimate of drug-likeness (QED) is 0.620. The van der Waals surface area contributed by atoms with Crippen LogP contribution >= 0.6 is 0 Å². The molecule has 0 saturated carbocycles. The Kier molecular flexibility index (Phi) is 8.19. The van der Waals surface area contributed by atoms with E-state index in [-0.39, 0.29) is 5.91 Å². The number of anilines is 1. The van der Waals surface area contributed by atoms with Gasteiger partial charge in [0, 0.05) is 13.5 Å². The van der Waals surface area contributed by atoms with E-state index in [1.54, 1.807) is 18.0 Å². The number of benzene rings is 1. The number of carbonyl (C=O) groups excluding carboxylic acids is 1. The number of unbranched alkanes of at least 4 members (excludes halogenated alkanes) is 6. The summed E-state index contributed by atoms with van der Waals surface area (Å²) in [6, 6.07) is 9.37. The van der Waals surface area contributed by atoms with E-state index in [4.69, 9.17) is 5.26 Å². The average molecular weight is 286 g/mol. The van der Waals surface area contributed by atoms with Crippen LogP contribution < -0.4 is 4.90 Å². The van der Waals surface area contributed by atoms with Crippen molar-refractivity contribution in [2.45, 2.75) is 58.3 Å². The zero-order valence-corrected chi connectivity index (χ0v) is 13.3. The summed E-state index contributed by atoms with van der Waals surface area (Å²) >= 11 is 0. The van der Waals surface area contributed by atoms with Gasteiger partial charge in [0.25, 0.3) is 0 Å². The number of nitriles is 1. The Hall–Kier alpha value is -1.82. The van der Waals surface area contributed by atoms with E-state index in [1.165, 1.54) is 32.1 Å². The molecule has 114 valence electrons. The van der Waals surface area contributed by atoms with Crippen molar-refractivity contribution in [3.05, 3.63) is 29.8 Å². The van der Waals surface area contributed by atoms with Crippen molar-refractivity contribution < 1.29 is 4.79 Å². The fourth-order valence-electron chi connectivity index (χ4n) is 2.40. The fourth-order valence-corrected chi connectivity index (χ4v) is 2.40. The van der Waals surface area contributed by atoms with Crippen LogP contribution in [0.1, 0.15) is 63.9 Å². The maximum absolute atomic E-state index is 12.2. The Balaban J connectivity index is 2.33. The maximum atomic E-state index is 12.2. The lowest BCUT2D eigenvalue weighted by Crippen LogP contribution is -2.26. The molecular formula is C18H26N2O. The summed E-state index contributed by atoms with van der Waals surface area (Å²) in [5.74, 6) is 0.0891. The van der Waals surface area contributed by atoms with Crippen LogP contribution in [0.15, 0.2) is 24.3 Å². The largest absolute Gasteiger partial charge is 0.314 e. The van der Waals surface area contributed by atoms with E-state index < -0.39 is 0 Å². The summed E-state index contributed by atoms with van der Waals surface area (Å²) in [7, 11) is 1.75. The van der Waals surface area contributed by atoms with Gasteiger partial charge >= 0.3 is 0 Å². The molecular weight excluding hydrogens is 260 g/mol. The smallest absolute Gasteiger partial charge is 0.226 e. The second-order valence-corrected chi connectivity index (χ2v) is 5.45. The number of rotatable bonds is 9. The molecule has 0 aromatic heterocycles. The van der Waals surface area contributed by atoms with Gasteiger partial charge in [0.15, 0.2) is 0 Å². The summed E-state index contributed by atoms with van der Waals surface area (Å²) in [5.41, 5.74) is 1.25. The molecule has 1 aromatic rings. The highest BCUT2D eigenvalue weighted by Crippen LogP contribution is 2.19. The topological polar surface area (TPSA) is 44.1 Å². The third-order valence-corrected chi connectivity index (χ3v) is 3.75. The standard InChI is InChI=1S/C18H26N2O/c1-3-4-5-6-7-8-9-14-18(21)20(2)17-13-11-10-12-16(17)15-19/h10-13H,3-9,14H2,1-2H3. The van der Waals surface area contributed by atoms with Crippen molar-refractivity contribution in [1.29, 1.82) is 5.26 Å². The first-order valence-electron chi connectivity index (χ1n) is 7.96. The molecule has 0 aliphatic rings. The second kappa shape index (κ2) is 9.99. The van der Waals surface area contributed by atoms with Crippen molar-refractivity contribution in [2.24, 2.45) is 0 Å². The van der Waals surface area contributed by atoms with E-state index in [0.717, 1.165) is 12.8 Å². The average Bonchev–Trinajstić information content (AvgIpc) is 2.53. The molecule has 0 bridgehead atoms. The van der Waals surface area contributed by atoms with Crippen molar-refractivity contribution in [3.8, 4) is 6.07 Å². The van der Waals surface area contributed by atoms with E-state index in [1.807, 2.05) is 18.2 Å². The second-order valence-electron chi connectivity index (χ2n) is 5.45. The molecule has 3 heteroatoms. The summed E-state index contributed by atoms with van der Waals surface area (Å²) in [5, 5.41) is 9.08. The maximum Gasteiger partial charge on any atom is 0.226 e. The molecule has 0 aliphatic heterocycles. The zero-order chi connectivity index (χ0) is 15.5. The third-order valence-electron chi connectivity index (χ3n) is 3.75. The molecule has 0 radical (unpaired) electrons. The van der Waals surface area contributed by atoms with E-state index in [2.05, 4.69) is 13.0 Å². The number of amides is 1. The molecule has 0 atom stereocenters. The molecule has 0 aliphatic carbocycles. The van der Waals surface area contributed by atoms with Crippen LogP contribution in [0, 0.1) is 11.3 Å². The van der Waals surface area contributed by atoms with E-state index >= 15 is 0 Å². The van der Waals surface area contributed by atoms with E-state index in [9.17, 15) is 4.79 Å². The predicted octanol–water partition coefficient (Wildman–Crippen LogP) is 4.66. The molecule has 0 fully saturated rings. The minimum atomic E-state index is 0.0891. The van der Waals surface area contributed by atoms with Crippen LogP contribution in [0.5, 0.6) is 0 Å². The molecule has 3 nitrogen and oxygen atoms in total. The molecule has 0 saturated heterocycles. The number of hydrogen-bond acceptors (Lipinski definition) is 2. The molecule has 0 spiro atoms. The lowest BCUT2D eigenvalue weighted by atomic mass is 10.1. The van der Waals surface area contributed by atoms with Gasteiger partial charge in [-0.25, -0.2) is 0 Å². The molecule has 1 amide bonds. The Bertz CT molecular complexity index is 476. The van der Waals surface area contributed by atoms with Crippen LogP contribution in [0.25, 0.3) is 0 Å². The summed E-state index contributed by atoms with van der Waals surface area (Å²) in [4.78, 5) is 13.8. The molecule has 21 heavy (non-hydrogen) atoms. The van der Waals surface area contributed by atoms with E-state index in [0.29, 0.717) is 17.7 Å². The van der Waals surface area contributed by atoms with Gasteiger partial charge < -0.3 is 4.90 Å². The number of para-hydroxylation sites is 1. The first-order chi connectivity index (χ1) is 10.2. The van der Waals surface area contributed by atoms with Crippen LogP contribution in [0.2, 0.25) is 0 Å². The fraction of sp³-hybridized carbons (Fsp3) is 0.556. The molecule has 0 heterocycles. The molecule has 0 N–H and O–H groups in total. The minimum Gasteiger partial charge on any atom is -0.314 e. The Labute approximate surface area is 128 Å². The summed E-state index contributed by atoms with van der Waals surface area (Å²) in [6.07, 6.45) is 8.98. The first-order valence-corrected chi connectivity index (χ1v) is 7.96. The Morgan fingerprint density at radius 3 is 2.38 bits per heavy atom. The molecule has 1 rings (SSSR count). The van der Waals surface area contributed by atoms with Crippen molar-refractivity contribution in [3.63, 3.8) is 0 Å². The van der Waals surface area contributed by atoms with Gasteiger partial charge in [0.05, 0.1) is 11.3 Å². The normalized spacial score (nSPS) is 10.1. The van der Waals surface area contributed by atoms with Crippen molar-refractivity contribution >= 4 is 11.6 Å². The van der Waals surface area contributed by atoms with Gasteiger partial charge in [-0.1, -0.05) is 57.6 Å². The van der Waals surface area contributed by atoms with Crippen molar-refractivity contribution in [1.82, 2.24) is 0 Å².